The number of phenolic OH excluding ortho intramolecular Hbond substituents is 3. The largest absolute Gasteiger partial charge is 1.00 e. The summed E-state index contributed by atoms with van der Waals surface area (Å²) in [6, 6.07) is 6.50. The zero-order valence-corrected chi connectivity index (χ0v) is 19.8. The van der Waals surface area contributed by atoms with Crippen LogP contribution in [-0.2, 0) is 4.74 Å². The smallest absolute Gasteiger partial charge is 0.402 e. The second-order valence-corrected chi connectivity index (χ2v) is 7.86. The molecule has 13 heteroatoms. The molecule has 12 nitrogen and oxygen atoms in total. The van der Waals surface area contributed by atoms with E-state index in [0.717, 1.165) is 6.07 Å². The number of ether oxygens (including phenoxy) is 4. The van der Waals surface area contributed by atoms with E-state index in [1.54, 1.807) is 0 Å². The molecule has 4 rings (SSSR count). The summed E-state index contributed by atoms with van der Waals surface area (Å²) in [4.78, 5) is 0. The number of aromatic hydroxyl groups is 3. The Morgan fingerprint density at radius 3 is 2.08 bits per heavy atom. The van der Waals surface area contributed by atoms with Crippen LogP contribution in [0.1, 0.15) is 0 Å². The monoisotopic (exact) mass is 528 g/mol. The zero-order valence-electron chi connectivity index (χ0n) is 19.0. The van der Waals surface area contributed by atoms with E-state index in [9.17, 15) is 35.7 Å². The van der Waals surface area contributed by atoms with Crippen molar-refractivity contribution in [3.8, 4) is 45.8 Å². The Morgan fingerprint density at radius 2 is 1.50 bits per heavy atom. The van der Waals surface area contributed by atoms with E-state index in [4.69, 9.17) is 23.4 Å². The van der Waals surface area contributed by atoms with Gasteiger partial charge in [-0.15, -0.1) is 0 Å². The van der Waals surface area contributed by atoms with E-state index in [1.807, 2.05) is 0 Å². The summed E-state index contributed by atoms with van der Waals surface area (Å²) in [7, 11) is 2.66. The standard InChI is InChI=1S/C23H24O12.ClH/c1-31-14-3-9(4-15(32-2)18(14)27)22-16(7-11-12(26)5-10(25)6-13(11)33-22)34-23-21(30)20(29)19(28)17(8-24)35-23;/h3-7,17,19-21,23-24,28-30H,8H2,1-2H3,(H2-,25,26,27);1H/t17-,19-,20+,21-,23+;/m1./s1. The molecule has 1 aromatic heterocycles. The summed E-state index contributed by atoms with van der Waals surface area (Å²) in [6.45, 7) is -0.661. The van der Waals surface area contributed by atoms with Crippen molar-refractivity contribution in [2.24, 2.45) is 0 Å². The normalized spacial score (nSPS) is 23.7. The SMILES string of the molecule is COc1cc(-c2[o+]c3cc(O)cc(O)c3cc2O[C@H]2O[C@H](CO)[C@@H](O)[C@H](O)[C@H]2O)cc(OC)c1O.[Cl-]. The molecule has 0 unspecified atom stereocenters. The van der Waals surface area contributed by atoms with Gasteiger partial charge in [0.2, 0.25) is 17.8 Å². The van der Waals surface area contributed by atoms with E-state index in [2.05, 4.69) is 0 Å². The zero-order chi connectivity index (χ0) is 25.4. The van der Waals surface area contributed by atoms with Crippen LogP contribution in [0.4, 0.5) is 0 Å². The van der Waals surface area contributed by atoms with Gasteiger partial charge in [0, 0.05) is 24.3 Å². The highest BCUT2D eigenvalue weighted by Crippen LogP contribution is 2.45. The van der Waals surface area contributed by atoms with Gasteiger partial charge in [0.25, 0.3) is 0 Å². The molecular formula is C23H25ClO12. The molecule has 7 N–H and O–H groups in total. The number of hydrogen-bond donors (Lipinski definition) is 7. The number of fused-ring (bicyclic) bond motifs is 1. The Kier molecular flexibility index (Phi) is 8.19. The molecule has 0 amide bonds. The lowest BCUT2D eigenvalue weighted by atomic mass is 9.99. The third-order valence-electron chi connectivity index (χ3n) is 5.65. The number of phenols is 3. The molecule has 2 heterocycles. The summed E-state index contributed by atoms with van der Waals surface area (Å²) in [5.41, 5.74) is 0.325. The van der Waals surface area contributed by atoms with Crippen molar-refractivity contribution in [3.05, 3.63) is 30.3 Å². The number of aliphatic hydroxyl groups excluding tert-OH is 4. The van der Waals surface area contributed by atoms with Crippen LogP contribution in [0.5, 0.6) is 34.5 Å². The van der Waals surface area contributed by atoms with Gasteiger partial charge in [0.15, 0.2) is 11.5 Å². The molecule has 36 heavy (non-hydrogen) atoms. The molecule has 1 aliphatic heterocycles. The van der Waals surface area contributed by atoms with Crippen LogP contribution in [0.15, 0.2) is 34.7 Å². The first-order valence-corrected chi connectivity index (χ1v) is 10.4. The fourth-order valence-corrected chi connectivity index (χ4v) is 3.79. The highest BCUT2D eigenvalue weighted by atomic mass is 35.5. The minimum atomic E-state index is -1.71. The molecule has 0 saturated carbocycles. The Morgan fingerprint density at radius 1 is 0.861 bits per heavy atom. The van der Waals surface area contributed by atoms with Gasteiger partial charge in [0.1, 0.15) is 41.3 Å². The van der Waals surface area contributed by atoms with E-state index >= 15 is 0 Å². The third-order valence-corrected chi connectivity index (χ3v) is 5.65. The number of aliphatic hydroxyl groups is 4. The first kappa shape index (κ1) is 27.3. The van der Waals surface area contributed by atoms with Crippen LogP contribution < -0.4 is 26.6 Å². The minimum absolute atomic E-state index is 0. The lowest BCUT2D eigenvalue weighted by molar-refractivity contribution is -0.277. The van der Waals surface area contributed by atoms with Crippen LogP contribution in [0.2, 0.25) is 0 Å². The maximum absolute atomic E-state index is 10.4. The minimum Gasteiger partial charge on any atom is -1.00 e. The van der Waals surface area contributed by atoms with Gasteiger partial charge in [0.05, 0.1) is 32.5 Å². The fraction of sp³-hybridized carbons (Fsp3) is 0.348. The number of methoxy groups -OCH3 is 2. The summed E-state index contributed by atoms with van der Waals surface area (Å²) in [5.74, 6) is -0.928. The van der Waals surface area contributed by atoms with Gasteiger partial charge >= 0.3 is 11.3 Å². The average molecular weight is 529 g/mol. The van der Waals surface area contributed by atoms with Crippen molar-refractivity contribution in [1.82, 2.24) is 0 Å². The first-order chi connectivity index (χ1) is 16.7. The van der Waals surface area contributed by atoms with Crippen LogP contribution in [0.25, 0.3) is 22.3 Å². The summed E-state index contributed by atoms with van der Waals surface area (Å²) in [6.07, 6.45) is -7.77. The molecule has 1 saturated heterocycles. The van der Waals surface area contributed by atoms with Crippen molar-refractivity contribution in [3.63, 3.8) is 0 Å². The fourth-order valence-electron chi connectivity index (χ4n) is 3.79. The second kappa shape index (κ2) is 10.8. The van der Waals surface area contributed by atoms with E-state index in [0.29, 0.717) is 0 Å². The molecule has 196 valence electrons. The highest BCUT2D eigenvalue weighted by molar-refractivity contribution is 5.88. The molecule has 1 fully saturated rings. The molecule has 0 spiro atoms. The van der Waals surface area contributed by atoms with Crippen molar-refractivity contribution < 1.29 is 71.5 Å². The van der Waals surface area contributed by atoms with Crippen LogP contribution in [0.3, 0.4) is 0 Å². The molecule has 0 bridgehead atoms. The molecule has 5 atom stereocenters. The molecule has 0 aliphatic carbocycles. The Hall–Kier alpha value is -3.26. The molecular weight excluding hydrogens is 504 g/mol. The number of benzene rings is 2. The maximum Gasteiger partial charge on any atom is 0.402 e. The lowest BCUT2D eigenvalue weighted by Gasteiger charge is -2.39. The number of rotatable bonds is 6. The van der Waals surface area contributed by atoms with Gasteiger partial charge in [-0.25, -0.2) is 4.42 Å². The average Bonchev–Trinajstić information content (AvgIpc) is 2.84. The van der Waals surface area contributed by atoms with E-state index in [1.165, 1.54) is 38.5 Å². The Balaban J connectivity index is 0.00000361. The highest BCUT2D eigenvalue weighted by Gasteiger charge is 2.45. The van der Waals surface area contributed by atoms with Gasteiger partial charge in [-0.2, -0.15) is 0 Å². The van der Waals surface area contributed by atoms with Gasteiger partial charge in [-0.05, 0) is 0 Å². The summed E-state index contributed by atoms with van der Waals surface area (Å²) >= 11 is 0. The second-order valence-electron chi connectivity index (χ2n) is 7.86. The van der Waals surface area contributed by atoms with Crippen LogP contribution >= 0.6 is 0 Å². The molecule has 2 aromatic carbocycles. The van der Waals surface area contributed by atoms with E-state index in [-0.39, 0.29) is 69.2 Å². The maximum atomic E-state index is 10.4. The number of hydrogen-bond acceptors (Lipinski definition) is 11. The molecule has 0 radical (unpaired) electrons. The van der Waals surface area contributed by atoms with Crippen LogP contribution in [-0.4, -0.2) is 87.3 Å². The van der Waals surface area contributed by atoms with E-state index < -0.39 is 37.3 Å². The van der Waals surface area contributed by atoms with Crippen molar-refractivity contribution in [2.75, 3.05) is 20.8 Å². The van der Waals surface area contributed by atoms with Crippen molar-refractivity contribution >= 4 is 11.0 Å². The Labute approximate surface area is 210 Å². The van der Waals surface area contributed by atoms with Gasteiger partial charge in [-0.1, -0.05) is 0 Å². The van der Waals surface area contributed by atoms with Gasteiger partial charge < -0.3 is 67.1 Å². The van der Waals surface area contributed by atoms with Crippen molar-refractivity contribution in [1.29, 1.82) is 0 Å². The first-order valence-electron chi connectivity index (χ1n) is 10.4. The summed E-state index contributed by atoms with van der Waals surface area (Å²) in [5, 5.41) is 70.7. The summed E-state index contributed by atoms with van der Waals surface area (Å²) < 4.78 is 27.5. The van der Waals surface area contributed by atoms with Gasteiger partial charge in [-0.3, -0.25) is 0 Å². The van der Waals surface area contributed by atoms with Crippen LogP contribution in [0, 0.1) is 0 Å². The lowest BCUT2D eigenvalue weighted by Crippen LogP contribution is -3.00. The molecule has 3 aromatic rings. The van der Waals surface area contributed by atoms with Crippen molar-refractivity contribution in [2.45, 2.75) is 30.7 Å². The topological polar surface area (TPSA) is 190 Å². The third kappa shape index (κ3) is 4.87. The predicted molar refractivity (Wildman–Crippen MR) is 119 cm³/mol. The number of halogens is 1. The molecule has 1 aliphatic rings. The quantitative estimate of drug-likeness (QED) is 0.170. The predicted octanol–water partition coefficient (Wildman–Crippen LogP) is -2.30. The Bertz CT molecular complexity index is 1210.